The molecule has 0 fully saturated rings. The SMILES string of the molecule is Cc1ccc(C(=O)NCC(=O)[C@@H](C#N)c2nc(-c3ccc(C)cc3)no2)cc1. The number of nitrogens with zero attached hydrogens (tertiary/aromatic N) is 3. The molecular weight excluding hydrogens is 356 g/mol. The number of hydrogen-bond acceptors (Lipinski definition) is 6. The molecule has 0 saturated carbocycles. The zero-order valence-corrected chi connectivity index (χ0v) is 15.5. The molecule has 0 aliphatic heterocycles. The molecule has 1 amide bonds. The summed E-state index contributed by atoms with van der Waals surface area (Å²) in [6, 6.07) is 16.3. The molecule has 0 spiro atoms. The van der Waals surface area contributed by atoms with Crippen molar-refractivity contribution >= 4 is 11.7 Å². The maximum atomic E-state index is 12.4. The number of benzene rings is 2. The van der Waals surface area contributed by atoms with E-state index in [2.05, 4.69) is 15.5 Å². The van der Waals surface area contributed by atoms with E-state index in [9.17, 15) is 14.9 Å². The second-order valence-electron chi connectivity index (χ2n) is 6.40. The molecule has 7 nitrogen and oxygen atoms in total. The lowest BCUT2D eigenvalue weighted by Gasteiger charge is -2.06. The van der Waals surface area contributed by atoms with Crippen LogP contribution in [0.25, 0.3) is 11.4 Å². The third-order valence-corrected chi connectivity index (χ3v) is 4.19. The van der Waals surface area contributed by atoms with Gasteiger partial charge in [-0.1, -0.05) is 52.7 Å². The van der Waals surface area contributed by atoms with Gasteiger partial charge in [0, 0.05) is 11.1 Å². The number of carbonyl (C=O) groups is 2. The Morgan fingerprint density at radius 3 is 2.29 bits per heavy atom. The summed E-state index contributed by atoms with van der Waals surface area (Å²) in [4.78, 5) is 28.7. The van der Waals surface area contributed by atoms with Crippen molar-refractivity contribution in [2.45, 2.75) is 19.8 Å². The lowest BCUT2D eigenvalue weighted by atomic mass is 10.1. The number of ketones is 1. The predicted octanol–water partition coefficient (Wildman–Crippen LogP) is 2.96. The van der Waals surface area contributed by atoms with E-state index in [4.69, 9.17) is 4.52 Å². The van der Waals surface area contributed by atoms with Crippen LogP contribution >= 0.6 is 0 Å². The van der Waals surface area contributed by atoms with Gasteiger partial charge < -0.3 is 9.84 Å². The van der Waals surface area contributed by atoms with Gasteiger partial charge in [0.1, 0.15) is 0 Å². The topological polar surface area (TPSA) is 109 Å². The van der Waals surface area contributed by atoms with Gasteiger partial charge >= 0.3 is 0 Å². The second kappa shape index (κ2) is 8.27. The van der Waals surface area contributed by atoms with Gasteiger partial charge in [-0.2, -0.15) is 10.2 Å². The van der Waals surface area contributed by atoms with Gasteiger partial charge in [0.2, 0.25) is 5.82 Å². The van der Waals surface area contributed by atoms with Gasteiger partial charge in [-0.25, -0.2) is 0 Å². The Balaban J connectivity index is 1.67. The highest BCUT2D eigenvalue weighted by atomic mass is 16.5. The third kappa shape index (κ3) is 4.30. The summed E-state index contributed by atoms with van der Waals surface area (Å²) in [5, 5.41) is 15.7. The Morgan fingerprint density at radius 1 is 1.07 bits per heavy atom. The highest BCUT2D eigenvalue weighted by Gasteiger charge is 2.27. The highest BCUT2D eigenvalue weighted by Crippen LogP contribution is 2.20. The first-order chi connectivity index (χ1) is 13.5. The van der Waals surface area contributed by atoms with Crippen LogP contribution in [0.5, 0.6) is 0 Å². The van der Waals surface area contributed by atoms with Crippen molar-refractivity contribution in [3.05, 3.63) is 71.1 Å². The van der Waals surface area contributed by atoms with Crippen LogP contribution < -0.4 is 5.32 Å². The maximum absolute atomic E-state index is 12.4. The molecule has 0 bridgehead atoms. The average molecular weight is 374 g/mol. The minimum Gasteiger partial charge on any atom is -0.345 e. The largest absolute Gasteiger partial charge is 0.345 e. The van der Waals surface area contributed by atoms with Crippen molar-refractivity contribution in [2.24, 2.45) is 0 Å². The number of aromatic nitrogens is 2. The van der Waals surface area contributed by atoms with E-state index in [1.54, 1.807) is 24.3 Å². The Morgan fingerprint density at radius 2 is 1.68 bits per heavy atom. The van der Waals surface area contributed by atoms with E-state index in [0.717, 1.165) is 16.7 Å². The monoisotopic (exact) mass is 374 g/mol. The first-order valence-electron chi connectivity index (χ1n) is 8.66. The van der Waals surface area contributed by atoms with Crippen molar-refractivity contribution in [1.82, 2.24) is 15.5 Å². The van der Waals surface area contributed by atoms with E-state index >= 15 is 0 Å². The number of nitrogens with one attached hydrogen (secondary N) is 1. The number of Topliss-reactive ketones (excluding diaryl/α,β-unsaturated/α-hetero) is 1. The first-order valence-corrected chi connectivity index (χ1v) is 8.66. The summed E-state index contributed by atoms with van der Waals surface area (Å²) >= 11 is 0. The van der Waals surface area contributed by atoms with E-state index in [0.29, 0.717) is 11.4 Å². The van der Waals surface area contributed by atoms with Crippen LogP contribution in [0.3, 0.4) is 0 Å². The van der Waals surface area contributed by atoms with Crippen LogP contribution in [0.1, 0.15) is 33.3 Å². The third-order valence-electron chi connectivity index (χ3n) is 4.19. The van der Waals surface area contributed by atoms with E-state index in [1.165, 1.54) is 0 Å². The van der Waals surface area contributed by atoms with Gasteiger partial charge in [-0.05, 0) is 26.0 Å². The first kappa shape index (κ1) is 19.0. The lowest BCUT2D eigenvalue weighted by Crippen LogP contribution is -2.32. The molecule has 7 heteroatoms. The molecule has 0 aliphatic rings. The summed E-state index contributed by atoms with van der Waals surface area (Å²) in [5.74, 6) is -1.96. The average Bonchev–Trinajstić information content (AvgIpc) is 3.17. The van der Waals surface area contributed by atoms with Crippen LogP contribution in [-0.4, -0.2) is 28.4 Å². The van der Waals surface area contributed by atoms with E-state index in [-0.39, 0.29) is 12.4 Å². The fraction of sp³-hybridized carbons (Fsp3) is 0.190. The molecule has 1 atom stereocenters. The Labute approximate surface area is 162 Å². The standard InChI is InChI=1S/C21H18N4O3/c1-13-3-7-15(8-4-13)19-24-21(28-25-19)17(11-22)18(26)12-23-20(27)16-9-5-14(2)6-10-16/h3-10,17H,12H2,1-2H3,(H,23,27)/t17-/m1/s1. The summed E-state index contributed by atoms with van der Waals surface area (Å²) < 4.78 is 5.11. The van der Waals surface area contributed by atoms with Gasteiger partial charge in [-0.3, -0.25) is 9.59 Å². The maximum Gasteiger partial charge on any atom is 0.252 e. The number of aryl methyl sites for hydroxylation is 2. The molecular formula is C21H18N4O3. The smallest absolute Gasteiger partial charge is 0.252 e. The summed E-state index contributed by atoms with van der Waals surface area (Å²) in [7, 11) is 0. The molecule has 3 rings (SSSR count). The fourth-order valence-corrected chi connectivity index (χ4v) is 2.51. The van der Waals surface area contributed by atoms with Gasteiger partial charge in [0.25, 0.3) is 11.8 Å². The molecule has 1 heterocycles. The van der Waals surface area contributed by atoms with Crippen LogP contribution in [0, 0.1) is 25.2 Å². The Kier molecular flexibility index (Phi) is 5.61. The zero-order valence-electron chi connectivity index (χ0n) is 15.5. The molecule has 28 heavy (non-hydrogen) atoms. The highest BCUT2D eigenvalue weighted by molar-refractivity contribution is 5.98. The van der Waals surface area contributed by atoms with Gasteiger partial charge in [-0.15, -0.1) is 0 Å². The number of rotatable bonds is 6. The van der Waals surface area contributed by atoms with Gasteiger partial charge in [0.15, 0.2) is 11.7 Å². The molecule has 140 valence electrons. The molecule has 0 unspecified atom stereocenters. The number of hydrogen-bond donors (Lipinski definition) is 1. The molecule has 0 aliphatic carbocycles. The van der Waals surface area contributed by atoms with Crippen molar-refractivity contribution in [3.63, 3.8) is 0 Å². The number of amides is 1. The van der Waals surface area contributed by atoms with Crippen molar-refractivity contribution in [3.8, 4) is 17.5 Å². The van der Waals surface area contributed by atoms with Crippen LogP contribution in [0.4, 0.5) is 0 Å². The minimum atomic E-state index is -1.25. The molecule has 0 radical (unpaired) electrons. The quantitative estimate of drug-likeness (QED) is 0.710. The predicted molar refractivity (Wildman–Crippen MR) is 101 cm³/mol. The molecule has 3 aromatic rings. The molecule has 0 saturated heterocycles. The normalized spacial score (nSPS) is 11.5. The molecule has 1 N–H and O–H groups in total. The summed E-state index contributed by atoms with van der Waals surface area (Å²) in [6.07, 6.45) is 0. The Bertz CT molecular complexity index is 1030. The minimum absolute atomic E-state index is 0.0901. The zero-order chi connectivity index (χ0) is 20.1. The van der Waals surface area contributed by atoms with Gasteiger partial charge in [0.05, 0.1) is 12.6 Å². The molecule has 2 aromatic carbocycles. The van der Waals surface area contributed by atoms with Crippen LogP contribution in [0.2, 0.25) is 0 Å². The number of nitriles is 1. The van der Waals surface area contributed by atoms with E-state index < -0.39 is 17.6 Å². The Hall–Kier alpha value is -3.79. The van der Waals surface area contributed by atoms with Crippen molar-refractivity contribution in [1.29, 1.82) is 5.26 Å². The molecule has 1 aromatic heterocycles. The number of carbonyl (C=O) groups excluding carboxylic acids is 2. The lowest BCUT2D eigenvalue weighted by molar-refractivity contribution is -0.118. The summed E-state index contributed by atoms with van der Waals surface area (Å²) in [5.41, 5.74) is 3.27. The van der Waals surface area contributed by atoms with Crippen LogP contribution in [-0.2, 0) is 4.79 Å². The van der Waals surface area contributed by atoms with Crippen LogP contribution in [0.15, 0.2) is 53.1 Å². The summed E-state index contributed by atoms with van der Waals surface area (Å²) in [6.45, 7) is 3.56. The van der Waals surface area contributed by atoms with Crippen molar-refractivity contribution < 1.29 is 14.1 Å². The van der Waals surface area contributed by atoms with Crippen molar-refractivity contribution in [2.75, 3.05) is 6.54 Å². The fourth-order valence-electron chi connectivity index (χ4n) is 2.51. The van der Waals surface area contributed by atoms with E-state index in [1.807, 2.05) is 44.2 Å². The second-order valence-corrected chi connectivity index (χ2v) is 6.40.